The van der Waals surface area contributed by atoms with Gasteiger partial charge < -0.3 is 10.2 Å². The first-order valence-electron chi connectivity index (χ1n) is 3.12. The van der Waals surface area contributed by atoms with E-state index in [4.69, 9.17) is 10.2 Å². The van der Waals surface area contributed by atoms with Crippen LogP contribution < -0.4 is 0 Å². The van der Waals surface area contributed by atoms with Crippen LogP contribution in [0.1, 0.15) is 0 Å². The number of aliphatic hydroxyl groups is 2. The standard InChI is InChI=1S/C5H12O4S2/c6-1-3-10(8)5-11(9)4-2-7/h6-7H,1-5H2/t10-,11+. The summed E-state index contributed by atoms with van der Waals surface area (Å²) in [5, 5.41) is 16.7. The molecule has 0 aliphatic rings. The third-order valence-corrected chi connectivity index (χ3v) is 4.28. The van der Waals surface area contributed by atoms with Gasteiger partial charge in [0.25, 0.3) is 0 Å². The number of aliphatic hydroxyl groups excluding tert-OH is 2. The Morgan fingerprint density at radius 3 is 1.55 bits per heavy atom. The van der Waals surface area contributed by atoms with Crippen molar-refractivity contribution in [3.8, 4) is 0 Å². The molecule has 0 aromatic heterocycles. The lowest BCUT2D eigenvalue weighted by Crippen LogP contribution is -2.14. The van der Waals surface area contributed by atoms with Crippen molar-refractivity contribution in [3.05, 3.63) is 0 Å². The van der Waals surface area contributed by atoms with Gasteiger partial charge in [-0.2, -0.15) is 0 Å². The molecule has 0 aromatic rings. The van der Waals surface area contributed by atoms with Gasteiger partial charge in [0.05, 0.1) is 18.3 Å². The van der Waals surface area contributed by atoms with Crippen molar-refractivity contribution < 1.29 is 18.6 Å². The van der Waals surface area contributed by atoms with Crippen LogP contribution in [-0.4, -0.2) is 48.4 Å². The average molecular weight is 200 g/mol. The van der Waals surface area contributed by atoms with Crippen LogP contribution in [0, 0.1) is 0 Å². The van der Waals surface area contributed by atoms with E-state index >= 15 is 0 Å². The van der Waals surface area contributed by atoms with Gasteiger partial charge in [-0.1, -0.05) is 0 Å². The Kier molecular flexibility index (Phi) is 7.04. The molecule has 2 atom stereocenters. The zero-order chi connectivity index (χ0) is 8.69. The van der Waals surface area contributed by atoms with Gasteiger partial charge in [0, 0.05) is 33.1 Å². The van der Waals surface area contributed by atoms with E-state index in [0.29, 0.717) is 0 Å². The molecule has 0 amide bonds. The minimum Gasteiger partial charge on any atom is -0.395 e. The van der Waals surface area contributed by atoms with E-state index in [1.165, 1.54) is 0 Å². The number of hydrogen-bond acceptors (Lipinski definition) is 4. The average Bonchev–Trinajstić information content (AvgIpc) is 1.87. The fourth-order valence-electron chi connectivity index (χ4n) is 0.468. The van der Waals surface area contributed by atoms with Crippen LogP contribution in [0.4, 0.5) is 0 Å². The van der Waals surface area contributed by atoms with Crippen molar-refractivity contribution in [1.82, 2.24) is 0 Å². The van der Waals surface area contributed by atoms with Crippen molar-refractivity contribution in [2.24, 2.45) is 0 Å². The quantitative estimate of drug-likeness (QED) is 0.543. The predicted molar refractivity (Wildman–Crippen MR) is 45.1 cm³/mol. The maximum Gasteiger partial charge on any atom is 0.0993 e. The Morgan fingerprint density at radius 1 is 0.909 bits per heavy atom. The van der Waals surface area contributed by atoms with Crippen LogP contribution >= 0.6 is 0 Å². The second-order valence-electron chi connectivity index (χ2n) is 1.85. The molecule has 11 heavy (non-hydrogen) atoms. The molecule has 2 N–H and O–H groups in total. The lowest BCUT2D eigenvalue weighted by atomic mass is 10.9. The van der Waals surface area contributed by atoms with Crippen molar-refractivity contribution in [1.29, 1.82) is 0 Å². The largest absolute Gasteiger partial charge is 0.395 e. The summed E-state index contributed by atoms with van der Waals surface area (Å²) in [6, 6.07) is 0. The summed E-state index contributed by atoms with van der Waals surface area (Å²) in [6.45, 7) is -0.300. The monoisotopic (exact) mass is 200 g/mol. The van der Waals surface area contributed by atoms with Crippen LogP contribution in [0.15, 0.2) is 0 Å². The summed E-state index contributed by atoms with van der Waals surface area (Å²) in [7, 11) is -2.43. The fraction of sp³-hybridized carbons (Fsp3) is 1.00. The molecular formula is C5H12O4S2. The summed E-state index contributed by atoms with van der Waals surface area (Å²) < 4.78 is 21.6. The summed E-state index contributed by atoms with van der Waals surface area (Å²) in [4.78, 5) is 0. The summed E-state index contributed by atoms with van der Waals surface area (Å²) in [6.07, 6.45) is 0. The molecule has 0 saturated heterocycles. The van der Waals surface area contributed by atoms with Gasteiger partial charge in [-0.25, -0.2) is 0 Å². The van der Waals surface area contributed by atoms with Gasteiger partial charge >= 0.3 is 0 Å². The van der Waals surface area contributed by atoms with E-state index in [9.17, 15) is 8.42 Å². The van der Waals surface area contributed by atoms with Crippen molar-refractivity contribution >= 4 is 21.6 Å². The molecule has 0 aliphatic carbocycles. The molecular weight excluding hydrogens is 188 g/mol. The smallest absolute Gasteiger partial charge is 0.0993 e. The van der Waals surface area contributed by atoms with Crippen LogP contribution in [-0.2, 0) is 21.6 Å². The van der Waals surface area contributed by atoms with E-state index < -0.39 is 21.6 Å². The second-order valence-corrected chi connectivity index (χ2v) is 5.37. The highest BCUT2D eigenvalue weighted by molar-refractivity contribution is 8.01. The second kappa shape index (κ2) is 6.90. The van der Waals surface area contributed by atoms with Gasteiger partial charge in [-0.05, 0) is 0 Å². The molecule has 0 bridgehead atoms. The summed E-state index contributed by atoms with van der Waals surface area (Å²) in [5.41, 5.74) is 0. The van der Waals surface area contributed by atoms with Gasteiger partial charge in [0.1, 0.15) is 0 Å². The van der Waals surface area contributed by atoms with Crippen LogP contribution in [0.2, 0.25) is 0 Å². The lowest BCUT2D eigenvalue weighted by molar-refractivity contribution is 0.321. The Bertz CT molecular complexity index is 131. The molecule has 0 aliphatic heterocycles. The molecule has 0 saturated carbocycles. The minimum atomic E-state index is -1.21. The van der Waals surface area contributed by atoms with Gasteiger partial charge in [0.2, 0.25) is 0 Å². The number of hydrogen-bond donors (Lipinski definition) is 2. The first kappa shape index (κ1) is 11.2. The molecule has 6 heteroatoms. The van der Waals surface area contributed by atoms with Gasteiger partial charge in [-0.3, -0.25) is 8.42 Å². The van der Waals surface area contributed by atoms with Crippen LogP contribution in [0.25, 0.3) is 0 Å². The maximum absolute atomic E-state index is 10.8. The first-order valence-corrected chi connectivity index (χ1v) is 6.10. The van der Waals surface area contributed by atoms with Gasteiger partial charge in [0.15, 0.2) is 0 Å². The minimum absolute atomic E-state index is 0.0567. The SMILES string of the molecule is O=[S@](CCO)C[S@@](=O)CCO. The zero-order valence-electron chi connectivity index (χ0n) is 6.06. The number of rotatable bonds is 6. The van der Waals surface area contributed by atoms with E-state index in [0.717, 1.165) is 0 Å². The van der Waals surface area contributed by atoms with Crippen molar-refractivity contribution in [2.45, 2.75) is 0 Å². The molecule has 68 valence electrons. The van der Waals surface area contributed by atoms with Crippen molar-refractivity contribution in [3.63, 3.8) is 0 Å². The normalized spacial score (nSPS) is 16.2. The highest BCUT2D eigenvalue weighted by atomic mass is 32.2. The highest BCUT2D eigenvalue weighted by Crippen LogP contribution is 1.88. The molecule has 0 unspecified atom stereocenters. The van der Waals surface area contributed by atoms with Crippen molar-refractivity contribution in [2.75, 3.05) is 29.8 Å². The Balaban J connectivity index is 3.49. The Labute approximate surface area is 70.5 Å². The summed E-state index contributed by atoms with van der Waals surface area (Å²) >= 11 is 0. The molecule has 0 radical (unpaired) electrons. The lowest BCUT2D eigenvalue weighted by Gasteiger charge is -1.98. The molecule has 0 heterocycles. The fourth-order valence-corrected chi connectivity index (χ4v) is 2.99. The third-order valence-electron chi connectivity index (χ3n) is 0.901. The van der Waals surface area contributed by atoms with E-state index in [1.807, 2.05) is 0 Å². The molecule has 4 nitrogen and oxygen atoms in total. The maximum atomic E-state index is 10.8. The third kappa shape index (κ3) is 6.61. The molecule has 0 spiro atoms. The van der Waals surface area contributed by atoms with Crippen LogP contribution in [0.3, 0.4) is 0 Å². The first-order chi connectivity index (χ1) is 5.20. The van der Waals surface area contributed by atoms with Crippen LogP contribution in [0.5, 0.6) is 0 Å². The van der Waals surface area contributed by atoms with Gasteiger partial charge in [-0.15, -0.1) is 0 Å². The van der Waals surface area contributed by atoms with E-state index in [2.05, 4.69) is 0 Å². The van der Waals surface area contributed by atoms with E-state index in [-0.39, 0.29) is 29.8 Å². The van der Waals surface area contributed by atoms with E-state index in [1.54, 1.807) is 0 Å². The topological polar surface area (TPSA) is 74.6 Å². The molecule has 0 fully saturated rings. The highest BCUT2D eigenvalue weighted by Gasteiger charge is 2.04. The zero-order valence-corrected chi connectivity index (χ0v) is 7.70. The Morgan fingerprint density at radius 2 is 1.27 bits per heavy atom. The Hall–Kier alpha value is 0.220. The molecule has 0 aromatic carbocycles. The predicted octanol–water partition coefficient (Wildman–Crippen LogP) is -1.57. The summed E-state index contributed by atoms with van der Waals surface area (Å²) in [5.74, 6) is 0.328. The molecule has 0 rings (SSSR count).